The van der Waals surface area contributed by atoms with Crippen molar-refractivity contribution in [2.24, 2.45) is 0 Å². The Morgan fingerprint density at radius 3 is 2.59 bits per heavy atom. The molecular weight excluding hydrogens is 322 g/mol. The number of aromatic nitrogens is 1. The summed E-state index contributed by atoms with van der Waals surface area (Å²) in [6, 6.07) is 6.17. The number of carbonyl (C=O) groups excluding carboxylic acids is 1. The Hall–Kier alpha value is -1.63. The van der Waals surface area contributed by atoms with Gasteiger partial charge in [0.1, 0.15) is 0 Å². The molecule has 0 fully saturated rings. The van der Waals surface area contributed by atoms with Gasteiger partial charge in [-0.1, -0.05) is 23.7 Å². The fourth-order valence-corrected chi connectivity index (χ4v) is 3.00. The monoisotopic (exact) mass is 339 g/mol. The highest BCUT2D eigenvalue weighted by molar-refractivity contribution is 7.11. The quantitative estimate of drug-likeness (QED) is 0.784. The molecule has 1 aromatic carbocycles. The van der Waals surface area contributed by atoms with E-state index in [2.05, 4.69) is 15.6 Å². The summed E-state index contributed by atoms with van der Waals surface area (Å²) >= 11 is 7.43. The minimum Gasteiger partial charge on any atom is -0.394 e. The van der Waals surface area contributed by atoms with Crippen LogP contribution in [0.25, 0.3) is 0 Å². The normalized spacial score (nSPS) is 12.0. The summed E-state index contributed by atoms with van der Waals surface area (Å²) in [5.41, 5.74) is 1.66. The van der Waals surface area contributed by atoms with Crippen molar-refractivity contribution in [1.82, 2.24) is 15.6 Å². The molecule has 5 nitrogen and oxygen atoms in total. The molecule has 1 unspecified atom stereocenters. The number of aliphatic hydroxyl groups excluding tert-OH is 1. The summed E-state index contributed by atoms with van der Waals surface area (Å²) in [4.78, 5) is 17.4. The van der Waals surface area contributed by atoms with E-state index in [1.807, 2.05) is 13.8 Å². The molecule has 2 aromatic rings. The number of nitrogens with one attached hydrogen (secondary N) is 2. The molecule has 1 heterocycles. The topological polar surface area (TPSA) is 74.2 Å². The van der Waals surface area contributed by atoms with Crippen LogP contribution in [-0.2, 0) is 6.54 Å². The maximum absolute atomic E-state index is 12.0. The summed E-state index contributed by atoms with van der Waals surface area (Å²) in [7, 11) is 0. The van der Waals surface area contributed by atoms with Crippen molar-refractivity contribution in [3.63, 3.8) is 0 Å². The smallest absolute Gasteiger partial charge is 0.315 e. The van der Waals surface area contributed by atoms with Crippen LogP contribution in [0.5, 0.6) is 0 Å². The lowest BCUT2D eigenvalue weighted by molar-refractivity contribution is 0.216. The second-order valence-corrected chi connectivity index (χ2v) is 6.69. The maximum Gasteiger partial charge on any atom is 0.315 e. The first-order valence-electron chi connectivity index (χ1n) is 6.83. The molecule has 1 atom stereocenters. The molecule has 2 amide bonds. The summed E-state index contributed by atoms with van der Waals surface area (Å²) < 4.78 is 0. The lowest BCUT2D eigenvalue weighted by atomic mass is 10.1. The fourth-order valence-electron chi connectivity index (χ4n) is 2.04. The first-order valence-corrected chi connectivity index (χ1v) is 8.02. The third-order valence-electron chi connectivity index (χ3n) is 3.18. The number of aliphatic hydroxyl groups is 1. The third kappa shape index (κ3) is 4.43. The molecule has 0 bridgehead atoms. The minimum atomic E-state index is -0.476. The van der Waals surface area contributed by atoms with Crippen molar-refractivity contribution in [1.29, 1.82) is 0 Å². The Labute approximate surface area is 138 Å². The number of amides is 2. The molecule has 0 aliphatic carbocycles. The van der Waals surface area contributed by atoms with E-state index in [4.69, 9.17) is 11.6 Å². The average molecular weight is 340 g/mol. The van der Waals surface area contributed by atoms with E-state index in [1.54, 1.807) is 35.6 Å². The predicted molar refractivity (Wildman–Crippen MR) is 88.2 cm³/mol. The van der Waals surface area contributed by atoms with E-state index in [0.717, 1.165) is 21.1 Å². The molecule has 0 spiro atoms. The standard InChI is InChI=1S/C15H18ClN3O2S/c1-9-13(18-10(2)22-9)7-17-15(21)19-14(8-20)11-3-5-12(16)6-4-11/h3-6,14,20H,7-8H2,1-2H3,(H2,17,19,21). The Morgan fingerprint density at radius 2 is 2.05 bits per heavy atom. The molecule has 118 valence electrons. The number of halogens is 1. The van der Waals surface area contributed by atoms with Gasteiger partial charge in [-0.3, -0.25) is 0 Å². The van der Waals surface area contributed by atoms with E-state index < -0.39 is 6.04 Å². The molecular formula is C15H18ClN3O2S. The molecule has 0 radical (unpaired) electrons. The number of aryl methyl sites for hydroxylation is 2. The van der Waals surface area contributed by atoms with Crippen molar-refractivity contribution < 1.29 is 9.90 Å². The van der Waals surface area contributed by atoms with Crippen molar-refractivity contribution in [3.05, 3.63) is 50.4 Å². The Morgan fingerprint density at radius 1 is 1.36 bits per heavy atom. The van der Waals surface area contributed by atoms with E-state index in [9.17, 15) is 9.90 Å². The third-order valence-corrected chi connectivity index (χ3v) is 4.36. The van der Waals surface area contributed by atoms with Gasteiger partial charge >= 0.3 is 6.03 Å². The second-order valence-electron chi connectivity index (χ2n) is 4.85. The molecule has 22 heavy (non-hydrogen) atoms. The zero-order chi connectivity index (χ0) is 16.1. The van der Waals surface area contributed by atoms with Crippen LogP contribution in [0.4, 0.5) is 4.79 Å². The van der Waals surface area contributed by atoms with Crippen molar-refractivity contribution in [2.45, 2.75) is 26.4 Å². The van der Waals surface area contributed by atoms with E-state index in [-0.39, 0.29) is 12.6 Å². The fraction of sp³-hybridized carbons (Fsp3) is 0.333. The summed E-state index contributed by atoms with van der Waals surface area (Å²) in [5, 5.41) is 16.5. The summed E-state index contributed by atoms with van der Waals surface area (Å²) in [6.45, 7) is 4.08. The van der Waals surface area contributed by atoms with Gasteiger partial charge in [0.15, 0.2) is 0 Å². The van der Waals surface area contributed by atoms with Crippen LogP contribution in [0.2, 0.25) is 5.02 Å². The number of urea groups is 1. The first kappa shape index (κ1) is 16.7. The van der Waals surface area contributed by atoms with Crippen molar-refractivity contribution in [3.8, 4) is 0 Å². The number of hydrogen-bond acceptors (Lipinski definition) is 4. The predicted octanol–water partition coefficient (Wildman–Crippen LogP) is 2.95. The molecule has 2 rings (SSSR count). The first-order chi connectivity index (χ1) is 10.5. The number of thiazole rings is 1. The number of rotatable bonds is 5. The lowest BCUT2D eigenvalue weighted by Gasteiger charge is -2.17. The van der Waals surface area contributed by atoms with Gasteiger partial charge in [-0.15, -0.1) is 11.3 Å². The molecule has 0 saturated carbocycles. The molecule has 3 N–H and O–H groups in total. The summed E-state index contributed by atoms with van der Waals surface area (Å²) in [5.74, 6) is 0. The van der Waals surface area contributed by atoms with E-state index in [0.29, 0.717) is 11.6 Å². The highest BCUT2D eigenvalue weighted by atomic mass is 35.5. The molecule has 1 aromatic heterocycles. The Bertz CT molecular complexity index is 643. The molecule has 7 heteroatoms. The summed E-state index contributed by atoms with van der Waals surface area (Å²) in [6.07, 6.45) is 0. The van der Waals surface area contributed by atoms with Crippen molar-refractivity contribution in [2.75, 3.05) is 6.61 Å². The number of nitrogens with zero attached hydrogens (tertiary/aromatic N) is 1. The van der Waals surface area contributed by atoms with Crippen LogP contribution in [0.3, 0.4) is 0 Å². The van der Waals surface area contributed by atoms with Gasteiger partial charge in [-0.25, -0.2) is 9.78 Å². The van der Waals surface area contributed by atoms with Crippen LogP contribution in [0.1, 0.15) is 27.2 Å². The zero-order valence-electron chi connectivity index (χ0n) is 12.4. The van der Waals surface area contributed by atoms with Gasteiger partial charge < -0.3 is 15.7 Å². The van der Waals surface area contributed by atoms with Crippen molar-refractivity contribution >= 4 is 29.0 Å². The van der Waals surface area contributed by atoms with Crippen LogP contribution in [0, 0.1) is 13.8 Å². The van der Waals surface area contributed by atoms with Crippen LogP contribution in [-0.4, -0.2) is 22.7 Å². The lowest BCUT2D eigenvalue weighted by Crippen LogP contribution is -2.39. The van der Waals surface area contributed by atoms with Crippen LogP contribution >= 0.6 is 22.9 Å². The van der Waals surface area contributed by atoms with Gasteiger partial charge in [0.2, 0.25) is 0 Å². The van der Waals surface area contributed by atoms with Gasteiger partial charge in [-0.05, 0) is 31.5 Å². The molecule has 0 saturated heterocycles. The van der Waals surface area contributed by atoms with Gasteiger partial charge in [0.05, 0.1) is 29.9 Å². The van der Waals surface area contributed by atoms with Gasteiger partial charge in [0.25, 0.3) is 0 Å². The van der Waals surface area contributed by atoms with Crippen LogP contribution < -0.4 is 10.6 Å². The van der Waals surface area contributed by atoms with E-state index in [1.165, 1.54) is 0 Å². The van der Waals surface area contributed by atoms with Gasteiger partial charge in [-0.2, -0.15) is 0 Å². The highest BCUT2D eigenvalue weighted by Gasteiger charge is 2.14. The Kier molecular flexibility index (Phi) is 5.76. The number of carbonyl (C=O) groups is 1. The second kappa shape index (κ2) is 7.58. The highest BCUT2D eigenvalue weighted by Crippen LogP contribution is 2.17. The number of hydrogen-bond donors (Lipinski definition) is 3. The number of benzene rings is 1. The zero-order valence-corrected chi connectivity index (χ0v) is 14.0. The maximum atomic E-state index is 12.0. The average Bonchev–Trinajstić information content (AvgIpc) is 2.81. The largest absolute Gasteiger partial charge is 0.394 e. The Balaban J connectivity index is 1.92. The van der Waals surface area contributed by atoms with Crippen LogP contribution in [0.15, 0.2) is 24.3 Å². The molecule has 0 aliphatic heterocycles. The van der Waals surface area contributed by atoms with Gasteiger partial charge in [0, 0.05) is 9.90 Å². The minimum absolute atomic E-state index is 0.191. The molecule has 0 aliphatic rings. The van der Waals surface area contributed by atoms with E-state index >= 15 is 0 Å². The SMILES string of the molecule is Cc1nc(CNC(=O)NC(CO)c2ccc(Cl)cc2)c(C)s1.